The first kappa shape index (κ1) is 25.8. The third kappa shape index (κ3) is 6.29. The average molecular weight is 495 g/mol. The number of unbranched alkanes of at least 4 members (excludes halogenated alkanes) is 1. The van der Waals surface area contributed by atoms with E-state index in [4.69, 9.17) is 4.74 Å². The predicted molar refractivity (Wildman–Crippen MR) is 143 cm³/mol. The van der Waals surface area contributed by atoms with Crippen LogP contribution in [0.1, 0.15) is 56.6 Å². The molecule has 1 saturated heterocycles. The summed E-state index contributed by atoms with van der Waals surface area (Å²) in [4.78, 5) is 19.5. The van der Waals surface area contributed by atoms with Crippen LogP contribution in [0.2, 0.25) is 0 Å². The van der Waals surface area contributed by atoms with Crippen LogP contribution < -0.4 is 0 Å². The van der Waals surface area contributed by atoms with Crippen LogP contribution in [0.15, 0.2) is 70.2 Å². The number of piperazine rings is 1. The maximum atomic E-state index is 13.3. The smallest absolute Gasteiger partial charge is 0.349 e. The van der Waals surface area contributed by atoms with Gasteiger partial charge in [0.15, 0.2) is 0 Å². The van der Waals surface area contributed by atoms with Crippen molar-refractivity contribution in [1.29, 1.82) is 0 Å². The second-order valence-corrected chi connectivity index (χ2v) is 11.2. The topological polar surface area (TPSA) is 53.0 Å². The number of likely N-dealkylation sites (N-methyl/N-ethyl adjacent to an activating group) is 1. The minimum absolute atomic E-state index is 0.132. The molecule has 0 amide bonds. The van der Waals surface area contributed by atoms with Gasteiger partial charge in [0.2, 0.25) is 0 Å². The number of ether oxygens (including phenoxy) is 1. The van der Waals surface area contributed by atoms with E-state index in [1.54, 1.807) is 0 Å². The highest BCUT2D eigenvalue weighted by molar-refractivity contribution is 8.04. The lowest BCUT2D eigenvalue weighted by Crippen LogP contribution is -2.44. The van der Waals surface area contributed by atoms with E-state index in [1.807, 2.05) is 48.5 Å². The van der Waals surface area contributed by atoms with Crippen LogP contribution in [0, 0.1) is 0 Å². The molecule has 6 heteroatoms. The van der Waals surface area contributed by atoms with E-state index in [9.17, 15) is 9.90 Å². The highest BCUT2D eigenvalue weighted by Gasteiger charge is 2.43. The Labute approximate surface area is 214 Å². The first-order valence-electron chi connectivity index (χ1n) is 12.8. The molecule has 5 nitrogen and oxygen atoms in total. The Kier molecular flexibility index (Phi) is 8.58. The number of carbonyl (C=O) groups excluding carboxylic acids is 1. The molecule has 188 valence electrons. The fraction of sp³-hybridized carbons (Fsp3) is 0.483. The zero-order valence-electron chi connectivity index (χ0n) is 21.2. The van der Waals surface area contributed by atoms with E-state index < -0.39 is 11.6 Å². The lowest BCUT2D eigenvalue weighted by Gasteiger charge is -2.38. The third-order valence-corrected chi connectivity index (χ3v) is 8.34. The highest BCUT2D eigenvalue weighted by atomic mass is 32.2. The molecule has 2 aliphatic rings. The van der Waals surface area contributed by atoms with Crippen molar-refractivity contribution in [2.75, 3.05) is 39.8 Å². The quantitative estimate of drug-likeness (QED) is 0.344. The number of nitrogens with zero attached hydrogens (tertiary/aromatic N) is 2. The van der Waals surface area contributed by atoms with Gasteiger partial charge in [-0.05, 0) is 56.0 Å². The van der Waals surface area contributed by atoms with Crippen LogP contribution >= 0.6 is 11.8 Å². The summed E-state index contributed by atoms with van der Waals surface area (Å²) >= 11 is 1.32. The Morgan fingerprint density at radius 2 is 1.69 bits per heavy atom. The van der Waals surface area contributed by atoms with Gasteiger partial charge < -0.3 is 19.6 Å². The number of aliphatic hydroxyl groups is 1. The maximum Gasteiger partial charge on any atom is 0.349 e. The van der Waals surface area contributed by atoms with Gasteiger partial charge in [0.1, 0.15) is 16.3 Å². The summed E-state index contributed by atoms with van der Waals surface area (Å²) in [5.41, 5.74) is 1.28. The molecule has 2 heterocycles. The van der Waals surface area contributed by atoms with E-state index in [0.29, 0.717) is 23.7 Å². The van der Waals surface area contributed by atoms with E-state index in [1.165, 1.54) is 11.8 Å². The minimum atomic E-state index is -0.827. The molecule has 2 aromatic rings. The number of carbonyl (C=O) groups is 1. The SMILES string of the molecule is CC(C)c1ccccc1SC1=C(O)CC(CCCCN2CCN(C)CC2)(c2ccccc2)OC1=O. The summed E-state index contributed by atoms with van der Waals surface area (Å²) in [6, 6.07) is 18.0. The molecule has 1 atom stereocenters. The largest absolute Gasteiger partial charge is 0.511 e. The molecular weight excluding hydrogens is 456 g/mol. The van der Waals surface area contributed by atoms with Gasteiger partial charge in [-0.25, -0.2) is 4.79 Å². The van der Waals surface area contributed by atoms with Gasteiger partial charge in [0, 0.05) is 31.1 Å². The van der Waals surface area contributed by atoms with Gasteiger partial charge >= 0.3 is 5.97 Å². The van der Waals surface area contributed by atoms with Crippen molar-refractivity contribution in [1.82, 2.24) is 9.80 Å². The van der Waals surface area contributed by atoms with Crippen LogP contribution in [-0.4, -0.2) is 60.6 Å². The Morgan fingerprint density at radius 1 is 1.00 bits per heavy atom. The lowest BCUT2D eigenvalue weighted by atomic mass is 9.83. The van der Waals surface area contributed by atoms with Gasteiger partial charge in [-0.3, -0.25) is 0 Å². The zero-order chi connectivity index (χ0) is 24.8. The Morgan fingerprint density at radius 3 is 2.37 bits per heavy atom. The standard InChI is InChI=1S/C29H38N2O3S/c1-22(2)24-13-7-8-14-26(24)35-27-25(32)21-29(34-28(27)33,23-11-5-4-6-12-23)15-9-10-16-31-19-17-30(3)18-20-31/h4-8,11-14,22,32H,9-10,15-21H2,1-3H3. The number of rotatable bonds is 9. The molecule has 0 spiro atoms. The molecule has 0 aliphatic carbocycles. The Balaban J connectivity index is 1.49. The summed E-state index contributed by atoms with van der Waals surface area (Å²) in [6.45, 7) is 9.77. The molecule has 0 aromatic heterocycles. The second-order valence-electron chi connectivity index (χ2n) is 10.1. The van der Waals surface area contributed by atoms with Crippen molar-refractivity contribution in [3.63, 3.8) is 0 Å². The number of aliphatic hydroxyl groups excluding tert-OH is 1. The molecule has 1 unspecified atom stereocenters. The molecular formula is C29H38N2O3S. The molecule has 0 saturated carbocycles. The molecule has 0 radical (unpaired) electrons. The number of hydrogen-bond acceptors (Lipinski definition) is 6. The van der Waals surface area contributed by atoms with Crippen LogP contribution in [0.5, 0.6) is 0 Å². The first-order chi connectivity index (χ1) is 16.9. The van der Waals surface area contributed by atoms with Gasteiger partial charge in [0.25, 0.3) is 0 Å². The minimum Gasteiger partial charge on any atom is -0.511 e. The first-order valence-corrected chi connectivity index (χ1v) is 13.6. The number of hydrogen-bond donors (Lipinski definition) is 1. The summed E-state index contributed by atoms with van der Waals surface area (Å²) in [5.74, 6) is 0.0257. The van der Waals surface area contributed by atoms with E-state index in [-0.39, 0.29) is 5.76 Å². The number of benzene rings is 2. The summed E-state index contributed by atoms with van der Waals surface area (Å²) in [5, 5.41) is 11.2. The van der Waals surface area contributed by atoms with Gasteiger partial charge in [-0.15, -0.1) is 0 Å². The average Bonchev–Trinajstić information content (AvgIpc) is 2.86. The number of thioether (sulfide) groups is 1. The maximum absolute atomic E-state index is 13.3. The van der Waals surface area contributed by atoms with Crippen molar-refractivity contribution >= 4 is 17.7 Å². The van der Waals surface area contributed by atoms with Crippen molar-refractivity contribution < 1.29 is 14.6 Å². The Bertz CT molecular complexity index is 1030. The fourth-order valence-electron chi connectivity index (χ4n) is 4.99. The monoisotopic (exact) mass is 494 g/mol. The zero-order valence-corrected chi connectivity index (χ0v) is 22.0. The van der Waals surface area contributed by atoms with Gasteiger partial charge in [0.05, 0.1) is 6.42 Å². The molecule has 1 fully saturated rings. The molecule has 35 heavy (non-hydrogen) atoms. The van der Waals surface area contributed by atoms with Crippen LogP contribution in [0.25, 0.3) is 0 Å². The molecule has 4 rings (SSSR count). The summed E-state index contributed by atoms with van der Waals surface area (Å²) in [7, 11) is 2.17. The normalized spacial score (nSPS) is 22.0. The molecule has 1 N–H and O–H groups in total. The Hall–Kier alpha value is -2.28. The molecule has 0 bridgehead atoms. The lowest BCUT2D eigenvalue weighted by molar-refractivity contribution is -0.160. The highest BCUT2D eigenvalue weighted by Crippen LogP contribution is 2.46. The van der Waals surface area contributed by atoms with E-state index >= 15 is 0 Å². The van der Waals surface area contributed by atoms with Crippen molar-refractivity contribution in [2.24, 2.45) is 0 Å². The van der Waals surface area contributed by atoms with E-state index in [0.717, 1.165) is 61.6 Å². The molecule has 2 aromatic carbocycles. The van der Waals surface area contributed by atoms with Crippen LogP contribution in [-0.2, 0) is 15.1 Å². The van der Waals surface area contributed by atoms with Crippen LogP contribution in [0.4, 0.5) is 0 Å². The second kappa shape index (κ2) is 11.6. The van der Waals surface area contributed by atoms with Gasteiger partial charge in [-0.1, -0.05) is 74.1 Å². The summed E-state index contributed by atoms with van der Waals surface area (Å²) in [6.07, 6.45) is 2.98. The number of esters is 1. The summed E-state index contributed by atoms with van der Waals surface area (Å²) < 4.78 is 6.22. The van der Waals surface area contributed by atoms with Gasteiger partial charge in [-0.2, -0.15) is 0 Å². The number of cyclic esters (lactones) is 1. The van der Waals surface area contributed by atoms with Crippen LogP contribution in [0.3, 0.4) is 0 Å². The van der Waals surface area contributed by atoms with E-state index in [2.05, 4.69) is 36.8 Å². The molecule has 2 aliphatic heterocycles. The van der Waals surface area contributed by atoms with Crippen molar-refractivity contribution in [3.05, 3.63) is 76.4 Å². The predicted octanol–water partition coefficient (Wildman–Crippen LogP) is 5.93. The van der Waals surface area contributed by atoms with Crippen molar-refractivity contribution in [2.45, 2.75) is 55.9 Å². The third-order valence-electron chi connectivity index (χ3n) is 7.14. The fourth-order valence-corrected chi connectivity index (χ4v) is 6.10. The van der Waals surface area contributed by atoms with Crippen molar-refractivity contribution in [3.8, 4) is 0 Å².